The quantitative estimate of drug-likeness (QED) is 0.795. The summed E-state index contributed by atoms with van der Waals surface area (Å²) in [5.74, 6) is -0.163. The van der Waals surface area contributed by atoms with E-state index in [2.05, 4.69) is 15.4 Å². The van der Waals surface area contributed by atoms with E-state index in [0.29, 0.717) is 18.1 Å². The van der Waals surface area contributed by atoms with Gasteiger partial charge in [0.2, 0.25) is 5.95 Å². The zero-order valence-electron chi connectivity index (χ0n) is 10.6. The molecule has 0 aliphatic carbocycles. The third-order valence-corrected chi connectivity index (χ3v) is 2.90. The van der Waals surface area contributed by atoms with Crippen molar-refractivity contribution in [3.63, 3.8) is 0 Å². The van der Waals surface area contributed by atoms with Gasteiger partial charge in [-0.05, 0) is 36.2 Å². The maximum absolute atomic E-state index is 13.0. The van der Waals surface area contributed by atoms with Crippen molar-refractivity contribution < 1.29 is 8.78 Å². The van der Waals surface area contributed by atoms with Gasteiger partial charge in [-0.15, -0.1) is 5.10 Å². The largest absolute Gasteiger partial charge is 0.353 e. The molecule has 6 heteroatoms. The molecule has 0 aliphatic rings. The Hall–Kier alpha value is -2.50. The lowest BCUT2D eigenvalue weighted by atomic mass is 10.1. The predicted molar refractivity (Wildman–Crippen MR) is 71.5 cm³/mol. The Morgan fingerprint density at radius 3 is 2.55 bits per heavy atom. The first kappa shape index (κ1) is 12.5. The number of aromatic nitrogens is 3. The van der Waals surface area contributed by atoms with Gasteiger partial charge in [-0.3, -0.25) is 0 Å². The first-order valence-corrected chi connectivity index (χ1v) is 6.21. The molecule has 1 aromatic carbocycles. The van der Waals surface area contributed by atoms with Gasteiger partial charge in [0.25, 0.3) is 0 Å². The van der Waals surface area contributed by atoms with E-state index < -0.39 is 0 Å². The van der Waals surface area contributed by atoms with Gasteiger partial charge in [-0.1, -0.05) is 12.1 Å². The first-order chi connectivity index (χ1) is 9.70. The highest BCUT2D eigenvalue weighted by Crippen LogP contribution is 2.08. The summed E-state index contributed by atoms with van der Waals surface area (Å²) in [5.41, 5.74) is 1.60. The van der Waals surface area contributed by atoms with Gasteiger partial charge in [0.15, 0.2) is 5.65 Å². The monoisotopic (exact) mass is 274 g/mol. The number of rotatable bonds is 4. The molecule has 0 aliphatic heterocycles. The van der Waals surface area contributed by atoms with Crippen LogP contribution in [0, 0.1) is 11.6 Å². The molecule has 0 bridgehead atoms. The van der Waals surface area contributed by atoms with E-state index in [1.54, 1.807) is 18.2 Å². The smallest absolute Gasteiger partial charge is 0.243 e. The van der Waals surface area contributed by atoms with E-state index in [1.807, 2.05) is 0 Å². The summed E-state index contributed by atoms with van der Waals surface area (Å²) < 4.78 is 27.2. The van der Waals surface area contributed by atoms with Crippen molar-refractivity contribution in [2.24, 2.45) is 0 Å². The van der Waals surface area contributed by atoms with Gasteiger partial charge in [0, 0.05) is 6.54 Å². The van der Waals surface area contributed by atoms with E-state index >= 15 is 0 Å². The highest BCUT2D eigenvalue weighted by atomic mass is 19.1. The lowest BCUT2D eigenvalue weighted by Gasteiger charge is -2.01. The number of benzene rings is 1. The third kappa shape index (κ3) is 2.74. The average molecular weight is 274 g/mol. The van der Waals surface area contributed by atoms with Crippen LogP contribution in [0.4, 0.5) is 14.7 Å². The van der Waals surface area contributed by atoms with Crippen molar-refractivity contribution in [1.82, 2.24) is 14.6 Å². The summed E-state index contributed by atoms with van der Waals surface area (Å²) >= 11 is 0. The topological polar surface area (TPSA) is 42.2 Å². The second-order valence-electron chi connectivity index (χ2n) is 4.39. The maximum atomic E-state index is 13.0. The lowest BCUT2D eigenvalue weighted by Crippen LogP contribution is -2.06. The Labute approximate surface area is 114 Å². The van der Waals surface area contributed by atoms with Crippen molar-refractivity contribution in [3.05, 3.63) is 59.8 Å². The van der Waals surface area contributed by atoms with Crippen LogP contribution >= 0.6 is 0 Å². The van der Waals surface area contributed by atoms with Gasteiger partial charge < -0.3 is 5.32 Å². The number of hydrogen-bond acceptors (Lipinski definition) is 3. The van der Waals surface area contributed by atoms with Crippen LogP contribution in [0.5, 0.6) is 0 Å². The fraction of sp³-hybridized carbons (Fsp3) is 0.143. The second kappa shape index (κ2) is 5.24. The molecule has 0 saturated heterocycles. The Kier molecular flexibility index (Phi) is 3.28. The predicted octanol–water partition coefficient (Wildman–Crippen LogP) is 2.66. The van der Waals surface area contributed by atoms with Gasteiger partial charge in [-0.25, -0.2) is 13.3 Å². The molecule has 0 radical (unpaired) electrons. The van der Waals surface area contributed by atoms with Gasteiger partial charge in [0.1, 0.15) is 11.6 Å². The highest BCUT2D eigenvalue weighted by Gasteiger charge is 2.03. The lowest BCUT2D eigenvalue weighted by molar-refractivity contribution is 0.614. The van der Waals surface area contributed by atoms with E-state index in [9.17, 15) is 8.78 Å². The molecule has 20 heavy (non-hydrogen) atoms. The number of pyridine rings is 1. The maximum Gasteiger partial charge on any atom is 0.243 e. The molecule has 0 unspecified atom stereocenters. The number of fused-ring (bicyclic) bond motifs is 1. The third-order valence-electron chi connectivity index (χ3n) is 2.90. The molecule has 3 rings (SSSR count). The minimum Gasteiger partial charge on any atom is -0.353 e. The standard InChI is InChI=1S/C14H12F2N4/c15-11-3-1-10(2-4-11)7-8-17-14-18-13-6-5-12(16)9-20(13)19-14/h1-6,9H,7-8H2,(H,17,19). The van der Waals surface area contributed by atoms with Crippen molar-refractivity contribution in [2.75, 3.05) is 11.9 Å². The summed E-state index contributed by atoms with van der Waals surface area (Å²) in [6, 6.07) is 9.25. The number of hydrogen-bond donors (Lipinski definition) is 1. The number of nitrogens with zero attached hydrogens (tertiary/aromatic N) is 3. The highest BCUT2D eigenvalue weighted by molar-refractivity contribution is 5.43. The number of anilines is 1. The van der Waals surface area contributed by atoms with Crippen LogP contribution in [0.1, 0.15) is 5.56 Å². The van der Waals surface area contributed by atoms with Crippen molar-refractivity contribution >= 4 is 11.6 Å². The molecule has 0 amide bonds. The van der Waals surface area contributed by atoms with E-state index in [0.717, 1.165) is 12.0 Å². The van der Waals surface area contributed by atoms with Gasteiger partial charge >= 0.3 is 0 Å². The van der Waals surface area contributed by atoms with Crippen LogP contribution < -0.4 is 5.32 Å². The first-order valence-electron chi connectivity index (χ1n) is 6.21. The minimum absolute atomic E-state index is 0.245. The van der Waals surface area contributed by atoms with Crippen LogP contribution in [-0.4, -0.2) is 21.1 Å². The summed E-state index contributed by atoms with van der Waals surface area (Å²) in [6.07, 6.45) is 2.00. The second-order valence-corrected chi connectivity index (χ2v) is 4.39. The fourth-order valence-electron chi connectivity index (χ4n) is 1.90. The Bertz CT molecular complexity index is 722. The molecule has 1 N–H and O–H groups in total. The molecule has 3 aromatic rings. The zero-order valence-corrected chi connectivity index (χ0v) is 10.6. The zero-order chi connectivity index (χ0) is 13.9. The molecule has 0 spiro atoms. The number of nitrogens with one attached hydrogen (secondary N) is 1. The Morgan fingerprint density at radius 1 is 1.00 bits per heavy atom. The molecular formula is C14H12F2N4. The Morgan fingerprint density at radius 2 is 1.75 bits per heavy atom. The van der Waals surface area contributed by atoms with Gasteiger partial charge in [0.05, 0.1) is 6.20 Å². The molecule has 4 nitrogen and oxygen atoms in total. The van der Waals surface area contributed by atoms with E-state index in [1.165, 1.54) is 28.9 Å². The molecule has 2 heterocycles. The van der Waals surface area contributed by atoms with Crippen LogP contribution in [0.2, 0.25) is 0 Å². The molecular weight excluding hydrogens is 262 g/mol. The van der Waals surface area contributed by atoms with Crippen molar-refractivity contribution in [3.8, 4) is 0 Å². The summed E-state index contributed by atoms with van der Waals surface area (Å²) in [7, 11) is 0. The van der Waals surface area contributed by atoms with Crippen molar-refractivity contribution in [2.45, 2.75) is 6.42 Å². The Balaban J connectivity index is 1.63. The van der Waals surface area contributed by atoms with Crippen LogP contribution in [0.15, 0.2) is 42.6 Å². The molecule has 0 saturated carbocycles. The molecule has 0 fully saturated rings. The van der Waals surface area contributed by atoms with Crippen LogP contribution in [0.25, 0.3) is 5.65 Å². The fourth-order valence-corrected chi connectivity index (χ4v) is 1.90. The normalized spacial score (nSPS) is 10.9. The van der Waals surface area contributed by atoms with Crippen molar-refractivity contribution in [1.29, 1.82) is 0 Å². The molecule has 102 valence electrons. The number of halogens is 2. The van der Waals surface area contributed by atoms with Crippen LogP contribution in [-0.2, 0) is 6.42 Å². The average Bonchev–Trinajstić information content (AvgIpc) is 2.83. The molecule has 0 atom stereocenters. The van der Waals surface area contributed by atoms with E-state index in [4.69, 9.17) is 0 Å². The minimum atomic E-state index is -0.361. The molecule has 2 aromatic heterocycles. The SMILES string of the molecule is Fc1ccc(CCNc2nc3ccc(F)cn3n2)cc1. The summed E-state index contributed by atoms with van der Waals surface area (Å²) in [4.78, 5) is 4.21. The van der Waals surface area contributed by atoms with Crippen LogP contribution in [0.3, 0.4) is 0 Å². The summed E-state index contributed by atoms with van der Waals surface area (Å²) in [6.45, 7) is 0.616. The summed E-state index contributed by atoms with van der Waals surface area (Å²) in [5, 5.41) is 7.17. The van der Waals surface area contributed by atoms with E-state index in [-0.39, 0.29) is 11.6 Å². The van der Waals surface area contributed by atoms with Gasteiger partial charge in [-0.2, -0.15) is 4.98 Å².